The van der Waals surface area contributed by atoms with Crippen LogP contribution in [0.1, 0.15) is 27.2 Å². The molecule has 0 aromatic rings. The number of hydrogen-bond donors (Lipinski definition) is 0. The largest absolute Gasteiger partial charge is 0.295 e. The molecule has 0 N–H and O–H groups in total. The zero-order valence-corrected chi connectivity index (χ0v) is 6.19. The summed E-state index contributed by atoms with van der Waals surface area (Å²) in [5, 5.41) is 0. The summed E-state index contributed by atoms with van der Waals surface area (Å²) in [5.74, 6) is 0.322. The minimum atomic E-state index is 0.172. The van der Waals surface area contributed by atoms with Gasteiger partial charge in [-0.3, -0.25) is 4.79 Å². The summed E-state index contributed by atoms with van der Waals surface area (Å²) in [6, 6.07) is 0. The molecule has 50 valence electrons. The van der Waals surface area contributed by atoms with Gasteiger partial charge >= 0.3 is 0 Å². The summed E-state index contributed by atoms with van der Waals surface area (Å²) in [5.41, 5.74) is 1.17. The van der Waals surface area contributed by atoms with E-state index >= 15 is 0 Å². The van der Waals surface area contributed by atoms with Gasteiger partial charge in [0.15, 0.2) is 5.78 Å². The van der Waals surface area contributed by atoms with E-state index < -0.39 is 0 Å². The van der Waals surface area contributed by atoms with E-state index in [4.69, 9.17) is 0 Å². The van der Waals surface area contributed by atoms with Gasteiger partial charge in [-0.05, 0) is 12.5 Å². The highest BCUT2D eigenvalue weighted by molar-refractivity contribution is 6.03. The smallest absolute Gasteiger partial charge is 0.159 e. The van der Waals surface area contributed by atoms with Crippen molar-refractivity contribution in [2.45, 2.75) is 27.2 Å². The number of carbonyl (C=O) groups excluding carboxylic acids is 1. The van der Waals surface area contributed by atoms with E-state index in [1.165, 1.54) is 0 Å². The first-order valence-corrected chi connectivity index (χ1v) is 3.28. The molecule has 9 heavy (non-hydrogen) atoms. The molecule has 1 saturated carbocycles. The molecule has 0 aromatic heterocycles. The number of Topliss-reactive ketones (excluding diaryl/α,β-unsaturated/α-hetero) is 1. The van der Waals surface area contributed by atoms with Crippen LogP contribution >= 0.6 is 0 Å². The van der Waals surface area contributed by atoms with Crippen molar-refractivity contribution < 1.29 is 4.79 Å². The Morgan fingerprint density at radius 3 is 2.22 bits per heavy atom. The summed E-state index contributed by atoms with van der Waals surface area (Å²) in [6.07, 6.45) is 2.65. The fourth-order valence-electron chi connectivity index (χ4n) is 1.41. The van der Waals surface area contributed by atoms with Gasteiger partial charge in [-0.25, -0.2) is 0 Å². The quantitative estimate of drug-likeness (QED) is 0.451. The first-order chi connectivity index (χ1) is 4.08. The average molecular weight is 124 g/mol. The molecule has 0 aromatic carbocycles. The van der Waals surface area contributed by atoms with Crippen LogP contribution in [-0.2, 0) is 4.79 Å². The first kappa shape index (κ1) is 6.53. The standard InChI is InChI=1S/C8H12O/c1-4-6-7(9)5-8(6,2)3/h4H,5H2,1-3H3/b6-4+. The van der Waals surface area contributed by atoms with Crippen LogP contribution in [0.25, 0.3) is 0 Å². The van der Waals surface area contributed by atoms with Crippen LogP contribution in [0.5, 0.6) is 0 Å². The second kappa shape index (κ2) is 1.69. The maximum absolute atomic E-state index is 10.8. The lowest BCUT2D eigenvalue weighted by Gasteiger charge is -2.36. The van der Waals surface area contributed by atoms with Gasteiger partial charge in [-0.15, -0.1) is 0 Å². The first-order valence-electron chi connectivity index (χ1n) is 3.28. The van der Waals surface area contributed by atoms with Crippen LogP contribution in [0.4, 0.5) is 0 Å². The molecule has 1 aliphatic carbocycles. The van der Waals surface area contributed by atoms with Crippen LogP contribution in [0.3, 0.4) is 0 Å². The van der Waals surface area contributed by atoms with Crippen LogP contribution in [0.2, 0.25) is 0 Å². The number of ketones is 1. The molecule has 1 fully saturated rings. The minimum absolute atomic E-state index is 0.172. The van der Waals surface area contributed by atoms with Gasteiger partial charge < -0.3 is 0 Å². The lowest BCUT2D eigenvalue weighted by molar-refractivity contribution is -0.123. The number of hydrogen-bond acceptors (Lipinski definition) is 1. The normalized spacial score (nSPS) is 28.3. The molecule has 0 heterocycles. The summed E-state index contributed by atoms with van der Waals surface area (Å²) in [7, 11) is 0. The third kappa shape index (κ3) is 0.805. The Kier molecular flexibility index (Phi) is 1.23. The fraction of sp³-hybridized carbons (Fsp3) is 0.625. The van der Waals surface area contributed by atoms with Gasteiger partial charge in [-0.1, -0.05) is 19.9 Å². The summed E-state index contributed by atoms with van der Waals surface area (Å²) in [4.78, 5) is 10.8. The van der Waals surface area contributed by atoms with E-state index in [-0.39, 0.29) is 5.41 Å². The van der Waals surface area contributed by atoms with E-state index in [1.54, 1.807) is 0 Å². The van der Waals surface area contributed by atoms with Gasteiger partial charge in [0.1, 0.15) is 0 Å². The molecule has 0 atom stereocenters. The second-order valence-corrected chi connectivity index (χ2v) is 3.19. The monoisotopic (exact) mass is 124 g/mol. The molecular weight excluding hydrogens is 112 g/mol. The van der Waals surface area contributed by atoms with Crippen molar-refractivity contribution in [1.82, 2.24) is 0 Å². The number of allylic oxidation sites excluding steroid dienone is 2. The highest BCUT2D eigenvalue weighted by atomic mass is 16.1. The molecule has 0 saturated heterocycles. The van der Waals surface area contributed by atoms with Gasteiger partial charge in [0.25, 0.3) is 0 Å². The highest BCUT2D eigenvalue weighted by Gasteiger charge is 2.39. The fourth-order valence-corrected chi connectivity index (χ4v) is 1.41. The zero-order valence-electron chi connectivity index (χ0n) is 6.19. The van der Waals surface area contributed by atoms with Gasteiger partial charge in [0.05, 0.1) is 0 Å². The summed E-state index contributed by atoms with van der Waals surface area (Å²) < 4.78 is 0. The van der Waals surface area contributed by atoms with Crippen molar-refractivity contribution in [2.75, 3.05) is 0 Å². The van der Waals surface area contributed by atoms with Crippen LogP contribution in [-0.4, -0.2) is 5.78 Å². The van der Waals surface area contributed by atoms with Crippen molar-refractivity contribution in [3.05, 3.63) is 11.6 Å². The average Bonchev–Trinajstić information content (AvgIpc) is 1.63. The van der Waals surface area contributed by atoms with Crippen LogP contribution in [0.15, 0.2) is 11.6 Å². The van der Waals surface area contributed by atoms with E-state index in [9.17, 15) is 4.79 Å². The molecule has 1 heteroatoms. The molecule has 1 rings (SSSR count). The lowest BCUT2D eigenvalue weighted by atomic mass is 9.66. The maximum Gasteiger partial charge on any atom is 0.159 e. The third-order valence-corrected chi connectivity index (χ3v) is 1.92. The SMILES string of the molecule is C/C=C1\C(=O)CC1(C)C. The highest BCUT2D eigenvalue weighted by Crippen LogP contribution is 2.41. The van der Waals surface area contributed by atoms with E-state index in [2.05, 4.69) is 13.8 Å². The molecule has 0 bridgehead atoms. The van der Waals surface area contributed by atoms with Crippen molar-refractivity contribution in [3.8, 4) is 0 Å². The Morgan fingerprint density at radius 1 is 1.56 bits per heavy atom. The lowest BCUT2D eigenvalue weighted by Crippen LogP contribution is -2.35. The molecule has 0 aliphatic heterocycles. The van der Waals surface area contributed by atoms with Crippen molar-refractivity contribution >= 4 is 5.78 Å². The summed E-state index contributed by atoms with van der Waals surface area (Å²) in [6.45, 7) is 6.13. The molecule has 1 aliphatic rings. The summed E-state index contributed by atoms with van der Waals surface area (Å²) >= 11 is 0. The van der Waals surface area contributed by atoms with Gasteiger partial charge in [0.2, 0.25) is 0 Å². The van der Waals surface area contributed by atoms with Gasteiger partial charge in [0, 0.05) is 11.8 Å². The predicted molar refractivity (Wildman–Crippen MR) is 37.2 cm³/mol. The van der Waals surface area contributed by atoms with E-state index in [0.29, 0.717) is 5.78 Å². The Hall–Kier alpha value is -0.590. The Labute approximate surface area is 55.8 Å². The molecule has 1 nitrogen and oxygen atoms in total. The molecule has 0 radical (unpaired) electrons. The zero-order chi connectivity index (χ0) is 7.07. The van der Waals surface area contributed by atoms with Crippen molar-refractivity contribution in [2.24, 2.45) is 5.41 Å². The van der Waals surface area contributed by atoms with Crippen LogP contribution in [0, 0.1) is 5.41 Å². The molecule has 0 unspecified atom stereocenters. The maximum atomic E-state index is 10.8. The van der Waals surface area contributed by atoms with Crippen LogP contribution < -0.4 is 0 Å². The van der Waals surface area contributed by atoms with E-state index in [0.717, 1.165) is 12.0 Å². The number of carbonyl (C=O) groups is 1. The Bertz CT molecular complexity index is 175. The molecule has 0 spiro atoms. The Balaban J connectivity index is 2.82. The third-order valence-electron chi connectivity index (χ3n) is 1.92. The van der Waals surface area contributed by atoms with E-state index in [1.807, 2.05) is 13.0 Å². The minimum Gasteiger partial charge on any atom is -0.295 e. The topological polar surface area (TPSA) is 17.1 Å². The number of rotatable bonds is 0. The van der Waals surface area contributed by atoms with Crippen molar-refractivity contribution in [3.63, 3.8) is 0 Å². The Morgan fingerprint density at radius 2 is 2.11 bits per heavy atom. The molecule has 0 amide bonds. The predicted octanol–water partition coefficient (Wildman–Crippen LogP) is 1.93. The van der Waals surface area contributed by atoms with Gasteiger partial charge in [-0.2, -0.15) is 0 Å². The second-order valence-electron chi connectivity index (χ2n) is 3.19. The van der Waals surface area contributed by atoms with Crippen molar-refractivity contribution in [1.29, 1.82) is 0 Å². The molecular formula is C8H12O.